The molecule has 0 aliphatic carbocycles. The Morgan fingerprint density at radius 1 is 1.64 bits per heavy atom. The van der Waals surface area contributed by atoms with E-state index in [1.165, 1.54) is 7.11 Å². The highest BCUT2D eigenvalue weighted by Gasteiger charge is 2.10. The van der Waals surface area contributed by atoms with Crippen LogP contribution >= 0.6 is 0 Å². The van der Waals surface area contributed by atoms with Gasteiger partial charge in [0.25, 0.3) is 0 Å². The zero-order chi connectivity index (χ0) is 10.4. The largest absolute Gasteiger partial charge is 0.480 e. The van der Waals surface area contributed by atoms with Crippen molar-refractivity contribution in [1.82, 2.24) is 4.98 Å². The molecule has 0 aliphatic rings. The molecule has 0 saturated carbocycles. The standard InChI is InChI=1S/C11H11NO2/c1-3-4-7-10(13)9-6-5-8-12-11(9)14-2/h5-6,8H,7H2,1-2H3. The van der Waals surface area contributed by atoms with Gasteiger partial charge in [-0.2, -0.15) is 0 Å². The number of rotatable bonds is 3. The maximum Gasteiger partial charge on any atom is 0.224 e. The third-order valence-corrected chi connectivity index (χ3v) is 1.69. The average Bonchev–Trinajstić information content (AvgIpc) is 2.25. The van der Waals surface area contributed by atoms with Gasteiger partial charge in [0.05, 0.1) is 19.1 Å². The van der Waals surface area contributed by atoms with E-state index in [0.29, 0.717) is 11.4 Å². The summed E-state index contributed by atoms with van der Waals surface area (Å²) in [7, 11) is 1.49. The van der Waals surface area contributed by atoms with Crippen LogP contribution in [0.25, 0.3) is 0 Å². The Hall–Kier alpha value is -1.82. The van der Waals surface area contributed by atoms with Gasteiger partial charge in [-0.05, 0) is 19.1 Å². The van der Waals surface area contributed by atoms with Gasteiger partial charge >= 0.3 is 0 Å². The van der Waals surface area contributed by atoms with Gasteiger partial charge in [0.1, 0.15) is 0 Å². The number of ether oxygens (including phenoxy) is 1. The van der Waals surface area contributed by atoms with Gasteiger partial charge in [0, 0.05) is 6.20 Å². The quantitative estimate of drug-likeness (QED) is 0.536. The molecule has 3 nitrogen and oxygen atoms in total. The lowest BCUT2D eigenvalue weighted by Crippen LogP contribution is -2.02. The molecule has 0 amide bonds. The second-order valence-electron chi connectivity index (χ2n) is 2.59. The fourth-order valence-corrected chi connectivity index (χ4v) is 1.03. The highest BCUT2D eigenvalue weighted by Crippen LogP contribution is 2.15. The molecular formula is C11H11NO2. The van der Waals surface area contributed by atoms with Crippen LogP contribution in [0.3, 0.4) is 0 Å². The van der Waals surface area contributed by atoms with Crippen molar-refractivity contribution in [2.75, 3.05) is 7.11 Å². The highest BCUT2D eigenvalue weighted by atomic mass is 16.5. The fraction of sp³-hybridized carbons (Fsp3) is 0.273. The van der Waals surface area contributed by atoms with E-state index >= 15 is 0 Å². The van der Waals surface area contributed by atoms with Crippen molar-refractivity contribution >= 4 is 5.78 Å². The first-order valence-corrected chi connectivity index (χ1v) is 4.21. The van der Waals surface area contributed by atoms with Gasteiger partial charge < -0.3 is 4.74 Å². The topological polar surface area (TPSA) is 39.2 Å². The molecule has 0 N–H and O–H groups in total. The van der Waals surface area contributed by atoms with Gasteiger partial charge in [0.15, 0.2) is 5.78 Å². The predicted octanol–water partition coefficient (Wildman–Crippen LogP) is 1.69. The molecule has 1 aromatic rings. The van der Waals surface area contributed by atoms with E-state index in [-0.39, 0.29) is 12.2 Å². The molecule has 3 heteroatoms. The SMILES string of the molecule is CC#CCC(=O)c1cccnc1OC. The van der Waals surface area contributed by atoms with Crippen LogP contribution < -0.4 is 4.74 Å². The first kappa shape index (κ1) is 10.3. The van der Waals surface area contributed by atoms with Gasteiger partial charge in [-0.15, -0.1) is 5.92 Å². The van der Waals surface area contributed by atoms with E-state index < -0.39 is 0 Å². The smallest absolute Gasteiger partial charge is 0.224 e. The predicted molar refractivity (Wildman–Crippen MR) is 53.2 cm³/mol. The summed E-state index contributed by atoms with van der Waals surface area (Å²) >= 11 is 0. The van der Waals surface area contributed by atoms with Crippen molar-refractivity contribution in [1.29, 1.82) is 0 Å². The summed E-state index contributed by atoms with van der Waals surface area (Å²) in [6.45, 7) is 1.70. The molecule has 0 bridgehead atoms. The Kier molecular flexibility index (Phi) is 3.69. The number of hydrogen-bond donors (Lipinski definition) is 0. The maximum atomic E-state index is 11.6. The Labute approximate surface area is 83.1 Å². The lowest BCUT2D eigenvalue weighted by molar-refractivity contribution is 0.0994. The molecule has 0 spiro atoms. The molecule has 1 rings (SSSR count). The van der Waals surface area contributed by atoms with Crippen LogP contribution in [-0.2, 0) is 0 Å². The molecule has 0 aliphatic heterocycles. The van der Waals surface area contributed by atoms with E-state index in [1.807, 2.05) is 0 Å². The molecular weight excluding hydrogens is 178 g/mol. The summed E-state index contributed by atoms with van der Waals surface area (Å²) in [4.78, 5) is 15.5. The molecule has 72 valence electrons. The van der Waals surface area contributed by atoms with Gasteiger partial charge in [-0.25, -0.2) is 4.98 Å². The second-order valence-corrected chi connectivity index (χ2v) is 2.59. The monoisotopic (exact) mass is 189 g/mol. The van der Waals surface area contributed by atoms with Crippen molar-refractivity contribution in [2.45, 2.75) is 13.3 Å². The van der Waals surface area contributed by atoms with Gasteiger partial charge in [0.2, 0.25) is 5.88 Å². The van der Waals surface area contributed by atoms with Gasteiger partial charge in [-0.3, -0.25) is 4.79 Å². The lowest BCUT2D eigenvalue weighted by Gasteiger charge is -2.03. The minimum absolute atomic E-state index is 0.0655. The number of carbonyl (C=O) groups is 1. The first-order chi connectivity index (χ1) is 6.79. The number of hydrogen-bond acceptors (Lipinski definition) is 3. The fourth-order valence-electron chi connectivity index (χ4n) is 1.03. The molecule has 0 radical (unpaired) electrons. The minimum Gasteiger partial charge on any atom is -0.480 e. The van der Waals surface area contributed by atoms with Crippen molar-refractivity contribution in [2.24, 2.45) is 0 Å². The molecule has 0 aromatic carbocycles. The molecule has 1 aromatic heterocycles. The summed E-state index contributed by atoms with van der Waals surface area (Å²) in [5.41, 5.74) is 0.484. The number of carbonyl (C=O) groups excluding carboxylic acids is 1. The second kappa shape index (κ2) is 5.03. The molecule has 0 saturated heterocycles. The van der Waals surface area contributed by atoms with Crippen LogP contribution in [0.4, 0.5) is 0 Å². The summed E-state index contributed by atoms with van der Waals surface area (Å²) in [5.74, 6) is 5.68. The normalized spacial score (nSPS) is 8.71. The van der Waals surface area contributed by atoms with E-state index in [9.17, 15) is 4.79 Å². The number of methoxy groups -OCH3 is 1. The minimum atomic E-state index is -0.0655. The van der Waals surface area contributed by atoms with E-state index in [0.717, 1.165) is 0 Å². The zero-order valence-corrected chi connectivity index (χ0v) is 8.20. The number of pyridine rings is 1. The van der Waals surface area contributed by atoms with Crippen molar-refractivity contribution in [3.8, 4) is 17.7 Å². The summed E-state index contributed by atoms with van der Waals surface area (Å²) in [5, 5.41) is 0. The Balaban J connectivity index is 2.92. The first-order valence-electron chi connectivity index (χ1n) is 4.21. The summed E-state index contributed by atoms with van der Waals surface area (Å²) in [6.07, 6.45) is 1.79. The van der Waals surface area contributed by atoms with Crippen LogP contribution in [0.2, 0.25) is 0 Å². The summed E-state index contributed by atoms with van der Waals surface area (Å²) < 4.78 is 4.97. The molecule has 0 unspecified atom stereocenters. The van der Waals surface area contributed by atoms with E-state index in [2.05, 4.69) is 16.8 Å². The van der Waals surface area contributed by atoms with E-state index in [1.54, 1.807) is 25.3 Å². The molecule has 0 atom stereocenters. The average molecular weight is 189 g/mol. The van der Waals surface area contributed by atoms with Crippen LogP contribution in [0.1, 0.15) is 23.7 Å². The highest BCUT2D eigenvalue weighted by molar-refractivity contribution is 5.99. The summed E-state index contributed by atoms with van der Waals surface area (Å²) in [6, 6.07) is 3.39. The molecule has 0 fully saturated rings. The van der Waals surface area contributed by atoms with Crippen molar-refractivity contribution < 1.29 is 9.53 Å². The Morgan fingerprint density at radius 3 is 3.07 bits per heavy atom. The van der Waals surface area contributed by atoms with Crippen molar-refractivity contribution in [3.05, 3.63) is 23.9 Å². The molecule has 14 heavy (non-hydrogen) atoms. The van der Waals surface area contributed by atoms with E-state index in [4.69, 9.17) is 4.74 Å². The zero-order valence-electron chi connectivity index (χ0n) is 8.20. The van der Waals surface area contributed by atoms with Crippen LogP contribution in [0.15, 0.2) is 18.3 Å². The third kappa shape index (κ3) is 2.33. The number of aromatic nitrogens is 1. The maximum absolute atomic E-state index is 11.6. The molecule has 1 heterocycles. The van der Waals surface area contributed by atoms with Crippen LogP contribution in [0, 0.1) is 11.8 Å². The van der Waals surface area contributed by atoms with Crippen LogP contribution in [-0.4, -0.2) is 17.9 Å². The number of ketones is 1. The Bertz CT molecular complexity index is 388. The Morgan fingerprint density at radius 2 is 2.43 bits per heavy atom. The number of nitrogens with zero attached hydrogens (tertiary/aromatic N) is 1. The number of Topliss-reactive ketones (excluding diaryl/α,β-unsaturated/α-hetero) is 1. The van der Waals surface area contributed by atoms with Gasteiger partial charge in [-0.1, -0.05) is 5.92 Å². The lowest BCUT2D eigenvalue weighted by atomic mass is 10.1. The third-order valence-electron chi connectivity index (χ3n) is 1.69. The van der Waals surface area contributed by atoms with Crippen LogP contribution in [0.5, 0.6) is 5.88 Å². The van der Waals surface area contributed by atoms with Crippen molar-refractivity contribution in [3.63, 3.8) is 0 Å².